The highest BCUT2D eigenvalue weighted by atomic mass is 19.1. The molecule has 0 bridgehead atoms. The van der Waals surface area contributed by atoms with Gasteiger partial charge in [0.05, 0.1) is 29.2 Å². The van der Waals surface area contributed by atoms with Crippen LogP contribution in [-0.4, -0.2) is 24.5 Å². The molecule has 0 unspecified atom stereocenters. The first kappa shape index (κ1) is 17.6. The molecule has 2 aromatic carbocycles. The van der Waals surface area contributed by atoms with Crippen LogP contribution in [-0.2, 0) is 0 Å². The molecule has 3 aromatic heterocycles. The van der Waals surface area contributed by atoms with E-state index in [1.807, 2.05) is 36.5 Å². The number of rotatable bonds is 3. The van der Waals surface area contributed by atoms with Gasteiger partial charge in [0.15, 0.2) is 0 Å². The first-order valence-corrected chi connectivity index (χ1v) is 9.05. The third-order valence-corrected chi connectivity index (χ3v) is 4.75. The monoisotopic (exact) mass is 395 g/mol. The molecule has 0 spiro atoms. The zero-order valence-corrected chi connectivity index (χ0v) is 15.6. The molecule has 5 rings (SSSR count). The second-order valence-electron chi connectivity index (χ2n) is 6.67. The van der Waals surface area contributed by atoms with E-state index in [1.165, 1.54) is 12.1 Å². The molecule has 0 aliphatic heterocycles. The van der Waals surface area contributed by atoms with Gasteiger partial charge in [-0.1, -0.05) is 12.1 Å². The highest BCUT2D eigenvalue weighted by Gasteiger charge is 2.14. The summed E-state index contributed by atoms with van der Waals surface area (Å²) in [5.74, 6) is -0.268. The molecule has 5 aromatic rings. The van der Waals surface area contributed by atoms with Crippen LogP contribution >= 0.6 is 0 Å². The largest absolute Gasteiger partial charge is 0.382 e. The van der Waals surface area contributed by atoms with Crippen molar-refractivity contribution < 1.29 is 4.39 Å². The molecular formula is C22H14FN7. The highest BCUT2D eigenvalue weighted by Crippen LogP contribution is 2.30. The molecule has 7 nitrogen and oxygen atoms in total. The Labute approximate surface area is 170 Å². The molecule has 0 saturated heterocycles. The summed E-state index contributed by atoms with van der Waals surface area (Å²) in [5, 5.41) is 9.88. The van der Waals surface area contributed by atoms with E-state index in [2.05, 4.69) is 20.0 Å². The SMILES string of the molecule is [C-]#[N+]c1ccc(-c2cc(N)nn2-c2ccc3nn(-c4ccncc4)cc3c2)cc1F. The quantitative estimate of drug-likeness (QED) is 0.455. The Balaban J connectivity index is 1.61. The summed E-state index contributed by atoms with van der Waals surface area (Å²) >= 11 is 0. The molecule has 144 valence electrons. The van der Waals surface area contributed by atoms with Crippen molar-refractivity contribution in [2.75, 3.05) is 5.73 Å². The van der Waals surface area contributed by atoms with E-state index < -0.39 is 5.82 Å². The molecule has 0 radical (unpaired) electrons. The molecule has 8 heteroatoms. The van der Waals surface area contributed by atoms with Gasteiger partial charge in [0, 0.05) is 35.6 Å². The van der Waals surface area contributed by atoms with Gasteiger partial charge >= 0.3 is 0 Å². The minimum atomic E-state index is -0.581. The molecule has 0 aliphatic rings. The van der Waals surface area contributed by atoms with E-state index in [0.717, 1.165) is 22.3 Å². The Hall–Kier alpha value is -4.51. The van der Waals surface area contributed by atoms with Gasteiger partial charge in [-0.3, -0.25) is 4.98 Å². The number of halogens is 1. The van der Waals surface area contributed by atoms with Crippen LogP contribution in [0.5, 0.6) is 0 Å². The predicted octanol–water partition coefficient (Wildman–Crippen LogP) is 4.55. The summed E-state index contributed by atoms with van der Waals surface area (Å²) in [6.07, 6.45) is 5.35. The maximum atomic E-state index is 14.2. The van der Waals surface area contributed by atoms with E-state index in [1.54, 1.807) is 33.9 Å². The molecule has 30 heavy (non-hydrogen) atoms. The van der Waals surface area contributed by atoms with Gasteiger partial charge in [-0.25, -0.2) is 18.6 Å². The average molecular weight is 395 g/mol. The molecule has 0 saturated carbocycles. The van der Waals surface area contributed by atoms with E-state index >= 15 is 0 Å². The number of benzene rings is 2. The van der Waals surface area contributed by atoms with E-state index in [4.69, 9.17) is 12.3 Å². The highest BCUT2D eigenvalue weighted by molar-refractivity contribution is 5.81. The predicted molar refractivity (Wildman–Crippen MR) is 112 cm³/mol. The fraction of sp³-hybridized carbons (Fsp3) is 0. The van der Waals surface area contributed by atoms with Crippen LogP contribution in [0.1, 0.15) is 0 Å². The van der Waals surface area contributed by atoms with Crippen molar-refractivity contribution in [3.63, 3.8) is 0 Å². The van der Waals surface area contributed by atoms with Gasteiger partial charge in [0.25, 0.3) is 0 Å². The topological polar surface area (TPSA) is 78.9 Å². The Kier molecular flexibility index (Phi) is 4.00. The molecule has 0 atom stereocenters. The summed E-state index contributed by atoms with van der Waals surface area (Å²) in [7, 11) is 0. The van der Waals surface area contributed by atoms with E-state index in [9.17, 15) is 4.39 Å². The van der Waals surface area contributed by atoms with Crippen molar-refractivity contribution in [3.8, 4) is 22.6 Å². The number of pyridine rings is 1. The lowest BCUT2D eigenvalue weighted by atomic mass is 10.1. The van der Waals surface area contributed by atoms with Gasteiger partial charge in [-0.15, -0.1) is 0 Å². The zero-order chi connectivity index (χ0) is 20.7. The van der Waals surface area contributed by atoms with Crippen LogP contribution < -0.4 is 5.73 Å². The first-order chi connectivity index (χ1) is 14.6. The Morgan fingerprint density at radius 1 is 0.933 bits per heavy atom. The van der Waals surface area contributed by atoms with Gasteiger partial charge in [-0.05, 0) is 36.4 Å². The molecule has 0 aliphatic carbocycles. The maximum Gasteiger partial charge on any atom is 0.222 e. The second-order valence-corrected chi connectivity index (χ2v) is 6.67. The number of fused-ring (bicyclic) bond motifs is 1. The molecule has 0 amide bonds. The van der Waals surface area contributed by atoms with Gasteiger partial charge in [0.1, 0.15) is 11.6 Å². The summed E-state index contributed by atoms with van der Waals surface area (Å²) in [6, 6.07) is 15.6. The summed E-state index contributed by atoms with van der Waals surface area (Å²) < 4.78 is 17.6. The van der Waals surface area contributed by atoms with Crippen LogP contribution in [0.25, 0.3) is 38.4 Å². The first-order valence-electron chi connectivity index (χ1n) is 9.05. The fourth-order valence-electron chi connectivity index (χ4n) is 3.33. The number of nitrogens with zero attached hydrogens (tertiary/aromatic N) is 6. The number of nitrogens with two attached hydrogens (primary N) is 1. The van der Waals surface area contributed by atoms with Crippen molar-refractivity contribution in [2.45, 2.75) is 0 Å². The van der Waals surface area contributed by atoms with Crippen molar-refractivity contribution in [2.24, 2.45) is 0 Å². The minimum Gasteiger partial charge on any atom is -0.382 e. The molecule has 2 N–H and O–H groups in total. The van der Waals surface area contributed by atoms with Crippen molar-refractivity contribution >= 4 is 22.4 Å². The van der Waals surface area contributed by atoms with E-state index in [0.29, 0.717) is 17.1 Å². The average Bonchev–Trinajstić information content (AvgIpc) is 3.37. The third-order valence-electron chi connectivity index (χ3n) is 4.75. The smallest absolute Gasteiger partial charge is 0.222 e. The lowest BCUT2D eigenvalue weighted by Crippen LogP contribution is -2.00. The maximum absolute atomic E-state index is 14.2. The van der Waals surface area contributed by atoms with Crippen molar-refractivity contribution in [3.05, 3.63) is 90.4 Å². The van der Waals surface area contributed by atoms with E-state index in [-0.39, 0.29) is 5.69 Å². The summed E-state index contributed by atoms with van der Waals surface area (Å²) in [6.45, 7) is 7.02. The zero-order valence-electron chi connectivity index (χ0n) is 15.6. The van der Waals surface area contributed by atoms with Gasteiger partial charge in [-0.2, -0.15) is 10.2 Å². The lowest BCUT2D eigenvalue weighted by molar-refractivity contribution is 0.634. The second kappa shape index (κ2) is 6.83. The Morgan fingerprint density at radius 3 is 2.53 bits per heavy atom. The molecular weight excluding hydrogens is 381 g/mol. The molecule has 3 heterocycles. The van der Waals surface area contributed by atoms with Gasteiger partial charge in [0.2, 0.25) is 5.69 Å². The number of hydrogen-bond acceptors (Lipinski definition) is 4. The summed E-state index contributed by atoms with van der Waals surface area (Å²) in [5.41, 5.74) is 9.62. The lowest BCUT2D eigenvalue weighted by Gasteiger charge is -2.08. The number of hydrogen-bond donors (Lipinski definition) is 1. The van der Waals surface area contributed by atoms with Crippen LogP contribution in [0.15, 0.2) is 73.2 Å². The number of nitrogen functional groups attached to an aromatic ring is 1. The van der Waals surface area contributed by atoms with Gasteiger partial charge < -0.3 is 5.73 Å². The normalized spacial score (nSPS) is 10.9. The number of aromatic nitrogens is 5. The van der Waals surface area contributed by atoms with Crippen LogP contribution in [0.2, 0.25) is 0 Å². The van der Waals surface area contributed by atoms with Crippen molar-refractivity contribution in [1.82, 2.24) is 24.5 Å². The summed E-state index contributed by atoms with van der Waals surface area (Å²) in [4.78, 5) is 7.20. The standard InChI is InChI=1S/C22H14FN7/c1-25-20-4-2-14(11-18(20)23)21-12-22(24)28-30(21)17-3-5-19-15(10-17)13-29(27-19)16-6-8-26-9-7-16/h2-13H,(H2,24,28). The Morgan fingerprint density at radius 2 is 1.77 bits per heavy atom. The molecule has 0 fully saturated rings. The third kappa shape index (κ3) is 2.95. The minimum absolute atomic E-state index is 0.0252. The Bertz CT molecular complexity index is 1430. The van der Waals surface area contributed by atoms with Crippen molar-refractivity contribution in [1.29, 1.82) is 0 Å². The van der Waals surface area contributed by atoms with Crippen LogP contribution in [0, 0.1) is 12.4 Å². The number of anilines is 1. The van der Waals surface area contributed by atoms with Crippen LogP contribution in [0.4, 0.5) is 15.9 Å². The van der Waals surface area contributed by atoms with Crippen LogP contribution in [0.3, 0.4) is 0 Å². The fourth-order valence-corrected chi connectivity index (χ4v) is 3.33.